The van der Waals surface area contributed by atoms with Crippen LogP contribution >= 0.6 is 0 Å². The minimum Gasteiger partial charge on any atom is -0.477 e. The number of hydrogen-bond donors (Lipinski definition) is 7. The van der Waals surface area contributed by atoms with Crippen LogP contribution < -0.4 is 10.9 Å². The van der Waals surface area contributed by atoms with Crippen LogP contribution in [0.2, 0.25) is 0 Å². The van der Waals surface area contributed by atoms with Crippen LogP contribution in [-0.2, 0) is 20.7 Å². The number of fused-ring (bicyclic) bond motifs is 1. The van der Waals surface area contributed by atoms with E-state index in [1.165, 1.54) is 12.1 Å². The number of amides is 1. The molecule has 3 rings (SSSR count). The molecule has 1 aliphatic rings. The third-order valence-corrected chi connectivity index (χ3v) is 5.55. The lowest BCUT2D eigenvalue weighted by Gasteiger charge is -2.44. The highest BCUT2D eigenvalue weighted by atomic mass is 16.7. The normalized spacial score (nSPS) is 27.2. The molecule has 1 aliphatic heterocycles. The number of carbonyl (C=O) groups is 2. The highest BCUT2D eigenvalue weighted by Crippen LogP contribution is 2.30. The quantitative estimate of drug-likeness (QED) is 0.217. The molecule has 12 nitrogen and oxygen atoms in total. The molecule has 0 aliphatic carbocycles. The number of hydrogen-bond acceptors (Lipinski definition) is 10. The SMILES string of the molecule is Cc1cc(=O)oc2cc(CC(=O)N[C@H]3[C@H]([C@H](O)[C@H](O)CO)O[C@](O)(C(=O)O)C[C@@H]3O)ccc12. The number of carboxylic acid groups (broad SMARTS) is 1. The average Bonchev–Trinajstić information content (AvgIpc) is 2.73. The Morgan fingerprint density at radius 3 is 2.61 bits per heavy atom. The molecule has 2 heterocycles. The first-order valence-electron chi connectivity index (χ1n) is 10.1. The Balaban J connectivity index is 1.82. The van der Waals surface area contributed by atoms with E-state index in [4.69, 9.17) is 14.3 Å². The highest BCUT2D eigenvalue weighted by Gasteiger charge is 2.53. The number of carbonyl (C=O) groups excluding carboxylic acids is 1. The van der Waals surface area contributed by atoms with E-state index < -0.39 is 66.8 Å². The van der Waals surface area contributed by atoms with Gasteiger partial charge in [0.05, 0.1) is 25.2 Å². The first-order chi connectivity index (χ1) is 15.4. The van der Waals surface area contributed by atoms with E-state index in [-0.39, 0.29) is 12.0 Å². The van der Waals surface area contributed by atoms with Crippen LogP contribution in [0.4, 0.5) is 0 Å². The molecule has 1 aromatic carbocycles. The van der Waals surface area contributed by atoms with Gasteiger partial charge in [-0.15, -0.1) is 0 Å². The summed E-state index contributed by atoms with van der Waals surface area (Å²) in [5, 5.41) is 62.0. The third-order valence-electron chi connectivity index (χ3n) is 5.55. The van der Waals surface area contributed by atoms with Gasteiger partial charge in [-0.1, -0.05) is 12.1 Å². The van der Waals surface area contributed by atoms with Crippen molar-refractivity contribution in [2.24, 2.45) is 0 Å². The molecular formula is C21H25NO11. The molecule has 1 saturated heterocycles. The van der Waals surface area contributed by atoms with E-state index in [0.717, 1.165) is 0 Å². The summed E-state index contributed by atoms with van der Waals surface area (Å²) in [4.78, 5) is 35.6. The molecule has 0 spiro atoms. The van der Waals surface area contributed by atoms with Crippen LogP contribution in [0, 0.1) is 6.92 Å². The van der Waals surface area contributed by atoms with Crippen molar-refractivity contribution in [3.63, 3.8) is 0 Å². The highest BCUT2D eigenvalue weighted by molar-refractivity contribution is 5.84. The molecule has 0 radical (unpaired) electrons. The molecule has 180 valence electrons. The van der Waals surface area contributed by atoms with E-state index >= 15 is 0 Å². The molecule has 1 amide bonds. The molecule has 1 aromatic heterocycles. The number of benzene rings is 1. The molecule has 6 atom stereocenters. The van der Waals surface area contributed by atoms with Gasteiger partial charge in [0.15, 0.2) is 0 Å². The number of aryl methyl sites for hydroxylation is 1. The molecule has 0 unspecified atom stereocenters. The van der Waals surface area contributed by atoms with Crippen LogP contribution in [0.15, 0.2) is 33.5 Å². The second-order valence-electron chi connectivity index (χ2n) is 8.03. The van der Waals surface area contributed by atoms with Crippen molar-refractivity contribution in [3.05, 3.63) is 45.8 Å². The molecule has 2 aromatic rings. The number of carboxylic acids is 1. The van der Waals surface area contributed by atoms with Gasteiger partial charge < -0.3 is 45.1 Å². The molecule has 0 saturated carbocycles. The summed E-state index contributed by atoms with van der Waals surface area (Å²) in [5.74, 6) is -5.39. The monoisotopic (exact) mass is 467 g/mol. The Morgan fingerprint density at radius 1 is 1.27 bits per heavy atom. The van der Waals surface area contributed by atoms with E-state index in [9.17, 15) is 39.9 Å². The Labute approximate surface area is 186 Å². The van der Waals surface area contributed by atoms with Crippen LogP contribution in [-0.4, -0.2) is 85.4 Å². The summed E-state index contributed by atoms with van der Waals surface area (Å²) in [7, 11) is 0. The lowest BCUT2D eigenvalue weighted by atomic mass is 9.88. The molecular weight excluding hydrogens is 442 g/mol. The number of aliphatic hydroxyl groups excluding tert-OH is 4. The van der Waals surface area contributed by atoms with Gasteiger partial charge in [0.1, 0.15) is 23.9 Å². The van der Waals surface area contributed by atoms with Gasteiger partial charge in [0.25, 0.3) is 5.79 Å². The van der Waals surface area contributed by atoms with Crippen LogP contribution in [0.3, 0.4) is 0 Å². The van der Waals surface area contributed by atoms with E-state index in [1.807, 2.05) is 0 Å². The first kappa shape index (κ1) is 24.8. The Kier molecular flexibility index (Phi) is 7.17. The van der Waals surface area contributed by atoms with Crippen molar-refractivity contribution in [1.82, 2.24) is 5.32 Å². The van der Waals surface area contributed by atoms with Gasteiger partial charge in [-0.25, -0.2) is 9.59 Å². The van der Waals surface area contributed by atoms with Gasteiger partial charge in [-0.05, 0) is 24.1 Å². The molecule has 12 heteroatoms. The maximum absolute atomic E-state index is 12.7. The number of nitrogens with one attached hydrogen (secondary N) is 1. The van der Waals surface area contributed by atoms with Crippen molar-refractivity contribution in [2.75, 3.05) is 6.61 Å². The molecule has 0 bridgehead atoms. The van der Waals surface area contributed by atoms with E-state index in [1.54, 1.807) is 19.1 Å². The molecule has 7 N–H and O–H groups in total. The topological polar surface area (TPSA) is 207 Å². The zero-order valence-electron chi connectivity index (χ0n) is 17.5. The van der Waals surface area contributed by atoms with Crippen molar-refractivity contribution >= 4 is 22.8 Å². The van der Waals surface area contributed by atoms with Gasteiger partial charge in [0, 0.05) is 17.9 Å². The van der Waals surface area contributed by atoms with Gasteiger partial charge >= 0.3 is 11.6 Å². The van der Waals surface area contributed by atoms with Gasteiger partial charge in [-0.3, -0.25) is 4.79 Å². The number of ether oxygens (including phenoxy) is 1. The largest absolute Gasteiger partial charge is 0.477 e. The lowest BCUT2D eigenvalue weighted by molar-refractivity contribution is -0.295. The summed E-state index contributed by atoms with van der Waals surface area (Å²) in [6.07, 6.45) is -8.26. The molecule has 1 fully saturated rings. The van der Waals surface area contributed by atoms with Crippen molar-refractivity contribution in [2.45, 2.75) is 56.0 Å². The average molecular weight is 467 g/mol. The Morgan fingerprint density at radius 2 is 1.97 bits per heavy atom. The summed E-state index contributed by atoms with van der Waals surface area (Å²) in [5.41, 5.74) is 0.880. The fourth-order valence-corrected chi connectivity index (χ4v) is 3.80. The summed E-state index contributed by atoms with van der Waals surface area (Å²) in [6.45, 7) is 0.811. The fraction of sp³-hybridized carbons (Fsp3) is 0.476. The maximum atomic E-state index is 12.7. The Bertz CT molecular complexity index is 1100. The van der Waals surface area contributed by atoms with Crippen molar-refractivity contribution in [1.29, 1.82) is 0 Å². The minimum atomic E-state index is -2.88. The summed E-state index contributed by atoms with van der Waals surface area (Å²) < 4.78 is 10.2. The number of aliphatic hydroxyl groups is 5. The van der Waals surface area contributed by atoms with Crippen LogP contribution in [0.25, 0.3) is 11.0 Å². The maximum Gasteiger partial charge on any atom is 0.364 e. The molecule has 33 heavy (non-hydrogen) atoms. The van der Waals surface area contributed by atoms with Gasteiger partial charge in [-0.2, -0.15) is 0 Å². The third kappa shape index (κ3) is 5.21. The smallest absolute Gasteiger partial charge is 0.364 e. The minimum absolute atomic E-state index is 0.245. The van der Waals surface area contributed by atoms with Crippen LogP contribution in [0.5, 0.6) is 0 Å². The van der Waals surface area contributed by atoms with Crippen molar-refractivity contribution < 1.29 is 49.4 Å². The van der Waals surface area contributed by atoms with Gasteiger partial charge in [0.2, 0.25) is 5.91 Å². The fourth-order valence-electron chi connectivity index (χ4n) is 3.80. The predicted molar refractivity (Wildman–Crippen MR) is 110 cm³/mol. The Hall–Kier alpha value is -2.87. The van der Waals surface area contributed by atoms with Crippen molar-refractivity contribution in [3.8, 4) is 0 Å². The van der Waals surface area contributed by atoms with Crippen LogP contribution in [0.1, 0.15) is 17.5 Å². The predicted octanol–water partition coefficient (Wildman–Crippen LogP) is -2.23. The summed E-state index contributed by atoms with van der Waals surface area (Å²) in [6, 6.07) is 4.72. The standard InChI is InChI=1S/C21H25NO11/c1-9-4-16(27)32-14-5-10(2-3-11(9)14)6-15(26)22-17-12(24)7-21(31,20(29)30)33-19(17)18(28)13(25)8-23/h2-5,12-13,17-19,23-25,28,31H,6-8H2,1H3,(H,22,26)(H,29,30)/t12-,13+,17+,18+,19+,21-/m0/s1. The number of rotatable bonds is 7. The second-order valence-corrected chi connectivity index (χ2v) is 8.03. The number of aliphatic carboxylic acids is 1. The lowest BCUT2D eigenvalue weighted by Crippen LogP contribution is -2.67. The van der Waals surface area contributed by atoms with E-state index in [0.29, 0.717) is 16.5 Å². The first-order valence-corrected chi connectivity index (χ1v) is 10.1. The van der Waals surface area contributed by atoms with E-state index in [2.05, 4.69) is 5.32 Å². The zero-order valence-corrected chi connectivity index (χ0v) is 17.5. The zero-order chi connectivity index (χ0) is 24.5. The summed E-state index contributed by atoms with van der Waals surface area (Å²) >= 11 is 0. The second kappa shape index (κ2) is 9.55.